The van der Waals surface area contributed by atoms with Gasteiger partial charge in [-0.05, 0) is 18.4 Å². The average Bonchev–Trinajstić information content (AvgIpc) is 2.34. The van der Waals surface area contributed by atoms with Gasteiger partial charge in [-0.1, -0.05) is 30.3 Å². The van der Waals surface area contributed by atoms with Crippen molar-refractivity contribution in [2.75, 3.05) is 19.8 Å². The van der Waals surface area contributed by atoms with Crippen molar-refractivity contribution in [1.29, 1.82) is 0 Å². The second-order valence-electron chi connectivity index (χ2n) is 3.52. The fraction of sp³-hybridized carbons (Fsp3) is 0.462. The molecule has 0 unspecified atom stereocenters. The van der Waals surface area contributed by atoms with Crippen molar-refractivity contribution in [2.24, 2.45) is 0 Å². The minimum Gasteiger partial charge on any atom is -0.468 e. The third-order valence-electron chi connectivity index (χ3n) is 2.22. The molecular formula is C13H18O3. The van der Waals surface area contributed by atoms with Crippen molar-refractivity contribution in [3.8, 4) is 0 Å². The quantitative estimate of drug-likeness (QED) is 0.474. The Kier molecular flexibility index (Phi) is 7.09. The van der Waals surface area contributed by atoms with Gasteiger partial charge in [0, 0.05) is 19.6 Å². The summed E-state index contributed by atoms with van der Waals surface area (Å²) in [5.74, 6) is 0. The first-order valence-corrected chi connectivity index (χ1v) is 5.60. The largest absolute Gasteiger partial charge is 0.468 e. The number of benzene rings is 1. The van der Waals surface area contributed by atoms with Crippen LogP contribution in [0.1, 0.15) is 18.4 Å². The van der Waals surface area contributed by atoms with Crippen LogP contribution in [-0.2, 0) is 20.7 Å². The second-order valence-corrected chi connectivity index (χ2v) is 3.52. The summed E-state index contributed by atoms with van der Waals surface area (Å²) in [5, 5.41) is 0. The predicted molar refractivity (Wildman–Crippen MR) is 62.2 cm³/mol. The van der Waals surface area contributed by atoms with E-state index >= 15 is 0 Å². The molecule has 0 heterocycles. The van der Waals surface area contributed by atoms with Crippen molar-refractivity contribution in [2.45, 2.75) is 19.3 Å². The molecule has 1 rings (SSSR count). The molecule has 1 aromatic rings. The Hall–Kier alpha value is -1.35. The highest BCUT2D eigenvalue weighted by atomic mass is 16.5. The normalized spacial score (nSPS) is 10.0. The van der Waals surface area contributed by atoms with E-state index in [4.69, 9.17) is 4.74 Å². The van der Waals surface area contributed by atoms with Gasteiger partial charge in [0.2, 0.25) is 0 Å². The summed E-state index contributed by atoms with van der Waals surface area (Å²) in [6.07, 6.45) is 2.84. The standard InChI is InChI=1S/C13H18O3/c14-12-16-11-5-10-15-9-4-8-13-6-2-1-3-7-13/h1-3,6-7,12H,4-5,8-11H2. The van der Waals surface area contributed by atoms with Crippen molar-refractivity contribution in [3.63, 3.8) is 0 Å². The number of carbonyl (C=O) groups is 1. The minimum atomic E-state index is 0.447. The maximum absolute atomic E-state index is 9.83. The molecule has 0 radical (unpaired) electrons. The molecule has 0 spiro atoms. The number of carbonyl (C=O) groups excluding carboxylic acids is 1. The van der Waals surface area contributed by atoms with Crippen LogP contribution in [0.25, 0.3) is 0 Å². The molecule has 0 saturated carbocycles. The van der Waals surface area contributed by atoms with Gasteiger partial charge in [-0.25, -0.2) is 0 Å². The summed E-state index contributed by atoms with van der Waals surface area (Å²) in [4.78, 5) is 9.83. The highest BCUT2D eigenvalue weighted by Gasteiger charge is 1.93. The Morgan fingerprint density at radius 3 is 2.50 bits per heavy atom. The first kappa shape index (κ1) is 12.7. The van der Waals surface area contributed by atoms with Crippen molar-refractivity contribution >= 4 is 6.47 Å². The van der Waals surface area contributed by atoms with Gasteiger partial charge >= 0.3 is 0 Å². The van der Waals surface area contributed by atoms with Gasteiger partial charge in [0.05, 0.1) is 6.61 Å². The zero-order valence-electron chi connectivity index (χ0n) is 9.43. The molecule has 88 valence electrons. The second kappa shape index (κ2) is 8.92. The topological polar surface area (TPSA) is 35.5 Å². The molecule has 0 aromatic heterocycles. The van der Waals surface area contributed by atoms with Crippen LogP contribution in [0.5, 0.6) is 0 Å². The molecule has 0 atom stereocenters. The third kappa shape index (κ3) is 6.19. The van der Waals surface area contributed by atoms with Gasteiger partial charge in [-0.15, -0.1) is 0 Å². The van der Waals surface area contributed by atoms with Gasteiger partial charge in [-0.3, -0.25) is 4.79 Å². The van der Waals surface area contributed by atoms with E-state index in [9.17, 15) is 4.79 Å². The molecule has 0 saturated heterocycles. The number of rotatable bonds is 9. The number of aryl methyl sites for hydroxylation is 1. The van der Waals surface area contributed by atoms with Gasteiger partial charge in [0.15, 0.2) is 0 Å². The van der Waals surface area contributed by atoms with E-state index in [0.717, 1.165) is 25.9 Å². The molecular weight excluding hydrogens is 204 g/mol. The summed E-state index contributed by atoms with van der Waals surface area (Å²) < 4.78 is 9.95. The average molecular weight is 222 g/mol. The molecule has 1 aromatic carbocycles. The maximum atomic E-state index is 9.83. The Bertz CT molecular complexity index is 272. The molecule has 0 aliphatic rings. The van der Waals surface area contributed by atoms with E-state index in [0.29, 0.717) is 19.7 Å². The molecule has 0 aliphatic carbocycles. The van der Waals surface area contributed by atoms with Crippen molar-refractivity contribution < 1.29 is 14.3 Å². The number of hydrogen-bond donors (Lipinski definition) is 0. The van der Waals surface area contributed by atoms with Crippen LogP contribution >= 0.6 is 0 Å². The third-order valence-corrected chi connectivity index (χ3v) is 2.22. The molecule has 0 aliphatic heterocycles. The van der Waals surface area contributed by atoms with Crippen molar-refractivity contribution in [3.05, 3.63) is 35.9 Å². The zero-order valence-corrected chi connectivity index (χ0v) is 9.43. The summed E-state index contributed by atoms with van der Waals surface area (Å²) in [5.41, 5.74) is 1.34. The van der Waals surface area contributed by atoms with Crippen molar-refractivity contribution in [1.82, 2.24) is 0 Å². The molecule has 0 N–H and O–H groups in total. The number of hydrogen-bond acceptors (Lipinski definition) is 3. The lowest BCUT2D eigenvalue weighted by Gasteiger charge is -2.03. The lowest BCUT2D eigenvalue weighted by molar-refractivity contribution is -0.129. The van der Waals surface area contributed by atoms with Crippen LogP contribution in [0.15, 0.2) is 30.3 Å². The Morgan fingerprint density at radius 2 is 1.75 bits per heavy atom. The van der Waals surface area contributed by atoms with E-state index in [2.05, 4.69) is 16.9 Å². The molecule has 0 fully saturated rings. The van der Waals surface area contributed by atoms with Gasteiger partial charge in [0.1, 0.15) is 0 Å². The summed E-state index contributed by atoms with van der Waals surface area (Å²) in [6, 6.07) is 10.4. The van der Waals surface area contributed by atoms with Gasteiger partial charge in [-0.2, -0.15) is 0 Å². The molecule has 0 amide bonds. The SMILES string of the molecule is O=COCCCOCCCc1ccccc1. The Morgan fingerprint density at radius 1 is 1.00 bits per heavy atom. The predicted octanol–water partition coefficient (Wildman–Crippen LogP) is 2.20. The highest BCUT2D eigenvalue weighted by molar-refractivity contribution is 5.36. The smallest absolute Gasteiger partial charge is 0.293 e. The van der Waals surface area contributed by atoms with Crippen LogP contribution < -0.4 is 0 Å². The molecule has 3 heteroatoms. The lowest BCUT2D eigenvalue weighted by Crippen LogP contribution is -2.02. The number of ether oxygens (including phenoxy) is 2. The van der Waals surface area contributed by atoms with E-state index in [1.165, 1.54) is 5.56 Å². The fourth-order valence-corrected chi connectivity index (χ4v) is 1.42. The molecule has 3 nitrogen and oxygen atoms in total. The minimum absolute atomic E-state index is 0.447. The van der Waals surface area contributed by atoms with E-state index in [1.54, 1.807) is 0 Å². The first-order chi connectivity index (χ1) is 7.93. The van der Waals surface area contributed by atoms with Gasteiger partial charge < -0.3 is 9.47 Å². The summed E-state index contributed by atoms with van der Waals surface area (Å²) in [6.45, 7) is 2.33. The van der Waals surface area contributed by atoms with Gasteiger partial charge in [0.25, 0.3) is 6.47 Å². The molecule has 0 bridgehead atoms. The van der Waals surface area contributed by atoms with E-state index in [-0.39, 0.29) is 0 Å². The van der Waals surface area contributed by atoms with E-state index < -0.39 is 0 Å². The van der Waals surface area contributed by atoms with E-state index in [1.807, 2.05) is 18.2 Å². The van der Waals surface area contributed by atoms with Crippen LogP contribution in [0.4, 0.5) is 0 Å². The Labute approximate surface area is 96.4 Å². The maximum Gasteiger partial charge on any atom is 0.293 e. The zero-order chi connectivity index (χ0) is 11.5. The highest BCUT2D eigenvalue weighted by Crippen LogP contribution is 2.02. The monoisotopic (exact) mass is 222 g/mol. The first-order valence-electron chi connectivity index (χ1n) is 5.60. The Balaban J connectivity index is 1.90. The lowest BCUT2D eigenvalue weighted by atomic mass is 10.1. The summed E-state index contributed by atoms with van der Waals surface area (Å²) >= 11 is 0. The van der Waals surface area contributed by atoms with Crippen LogP contribution in [0.2, 0.25) is 0 Å². The summed E-state index contributed by atoms with van der Waals surface area (Å²) in [7, 11) is 0. The fourth-order valence-electron chi connectivity index (χ4n) is 1.42. The van der Waals surface area contributed by atoms with Crippen LogP contribution in [-0.4, -0.2) is 26.3 Å². The molecule has 16 heavy (non-hydrogen) atoms. The van der Waals surface area contributed by atoms with Crippen LogP contribution in [0, 0.1) is 0 Å². The van der Waals surface area contributed by atoms with Crippen LogP contribution in [0.3, 0.4) is 0 Å².